The molecule has 3 N–H and O–H groups in total. The van der Waals surface area contributed by atoms with E-state index < -0.39 is 0 Å². The van der Waals surface area contributed by atoms with Crippen LogP contribution in [-0.4, -0.2) is 6.54 Å². The molecule has 0 fully saturated rings. The molecule has 1 atom stereocenters. The van der Waals surface area contributed by atoms with Gasteiger partial charge in [0.25, 0.3) is 0 Å². The largest absolute Gasteiger partial charge is 0.399 e. The van der Waals surface area contributed by atoms with Crippen LogP contribution in [0.4, 0.5) is 11.4 Å². The lowest BCUT2D eigenvalue weighted by molar-refractivity contribution is 0.470. The van der Waals surface area contributed by atoms with Gasteiger partial charge in [0.05, 0.1) is 0 Å². The molecule has 2 heteroatoms. The lowest BCUT2D eigenvalue weighted by Crippen LogP contribution is -2.11. The summed E-state index contributed by atoms with van der Waals surface area (Å²) in [5, 5.41) is 3.45. The smallest absolute Gasteiger partial charge is 0.0341 e. The number of nitrogens with one attached hydrogen (secondary N) is 1. The Morgan fingerprint density at radius 3 is 2.29 bits per heavy atom. The molecule has 0 saturated carbocycles. The van der Waals surface area contributed by atoms with Crippen molar-refractivity contribution >= 4 is 11.4 Å². The normalized spacial score (nSPS) is 12.7. The molecule has 0 radical (unpaired) electrons. The van der Waals surface area contributed by atoms with Crippen LogP contribution in [0.15, 0.2) is 24.3 Å². The third kappa shape index (κ3) is 6.20. The molecule has 0 aliphatic heterocycles. The highest BCUT2D eigenvalue weighted by atomic mass is 14.9. The SMILES string of the molecule is CC(C)CCCC(C)CNc1ccc(N)cc1. The van der Waals surface area contributed by atoms with Gasteiger partial charge in [0.2, 0.25) is 0 Å². The van der Waals surface area contributed by atoms with Gasteiger partial charge in [-0.15, -0.1) is 0 Å². The standard InChI is InChI=1S/C15H26N2/c1-12(2)5-4-6-13(3)11-17-15-9-7-14(16)8-10-15/h7-10,12-13,17H,4-6,11,16H2,1-3H3. The minimum absolute atomic E-state index is 0.728. The van der Waals surface area contributed by atoms with Gasteiger partial charge >= 0.3 is 0 Å². The van der Waals surface area contributed by atoms with Gasteiger partial charge in [0, 0.05) is 17.9 Å². The molecule has 0 aliphatic carbocycles. The molecule has 1 aromatic carbocycles. The summed E-state index contributed by atoms with van der Waals surface area (Å²) in [6, 6.07) is 7.95. The molecular weight excluding hydrogens is 208 g/mol. The van der Waals surface area contributed by atoms with E-state index in [0.29, 0.717) is 0 Å². The van der Waals surface area contributed by atoms with Gasteiger partial charge in [-0.25, -0.2) is 0 Å². The molecule has 96 valence electrons. The topological polar surface area (TPSA) is 38.0 Å². The van der Waals surface area contributed by atoms with E-state index in [4.69, 9.17) is 5.73 Å². The lowest BCUT2D eigenvalue weighted by atomic mass is 9.99. The van der Waals surface area contributed by atoms with E-state index in [9.17, 15) is 0 Å². The Balaban J connectivity index is 2.19. The quantitative estimate of drug-likeness (QED) is 0.696. The fourth-order valence-electron chi connectivity index (χ4n) is 1.87. The second kappa shape index (κ2) is 7.21. The minimum Gasteiger partial charge on any atom is -0.399 e. The maximum Gasteiger partial charge on any atom is 0.0341 e. The molecule has 1 unspecified atom stereocenters. The van der Waals surface area contributed by atoms with Crippen molar-refractivity contribution in [3.05, 3.63) is 24.3 Å². The number of anilines is 2. The van der Waals surface area contributed by atoms with Crippen LogP contribution in [0.25, 0.3) is 0 Å². The number of nitrogen functional groups attached to an aromatic ring is 1. The first kappa shape index (κ1) is 13.9. The van der Waals surface area contributed by atoms with Crippen molar-refractivity contribution in [3.8, 4) is 0 Å². The van der Waals surface area contributed by atoms with Crippen LogP contribution in [0.2, 0.25) is 0 Å². The van der Waals surface area contributed by atoms with E-state index in [1.807, 2.05) is 24.3 Å². The molecule has 2 nitrogen and oxygen atoms in total. The van der Waals surface area contributed by atoms with E-state index in [1.54, 1.807) is 0 Å². The molecule has 1 rings (SSSR count). The fraction of sp³-hybridized carbons (Fsp3) is 0.600. The Morgan fingerprint density at radius 1 is 1.06 bits per heavy atom. The van der Waals surface area contributed by atoms with Crippen molar-refractivity contribution in [2.24, 2.45) is 11.8 Å². The average molecular weight is 234 g/mol. The Kier molecular flexibility index (Phi) is 5.88. The van der Waals surface area contributed by atoms with Gasteiger partial charge in [-0.1, -0.05) is 33.6 Å². The number of rotatable bonds is 7. The van der Waals surface area contributed by atoms with Crippen LogP contribution in [0, 0.1) is 11.8 Å². The second-order valence-electron chi connectivity index (χ2n) is 5.43. The predicted octanol–water partition coefficient (Wildman–Crippen LogP) is 4.14. The summed E-state index contributed by atoms with van der Waals surface area (Å²) >= 11 is 0. The summed E-state index contributed by atoms with van der Waals surface area (Å²) < 4.78 is 0. The van der Waals surface area contributed by atoms with Gasteiger partial charge in [-0.3, -0.25) is 0 Å². The Morgan fingerprint density at radius 2 is 1.71 bits per heavy atom. The molecule has 0 aliphatic rings. The van der Waals surface area contributed by atoms with Crippen molar-refractivity contribution in [3.63, 3.8) is 0 Å². The van der Waals surface area contributed by atoms with Crippen LogP contribution in [0.3, 0.4) is 0 Å². The number of hydrogen-bond acceptors (Lipinski definition) is 2. The molecule has 0 spiro atoms. The van der Waals surface area contributed by atoms with Gasteiger partial charge in [0.15, 0.2) is 0 Å². The van der Waals surface area contributed by atoms with Crippen LogP contribution < -0.4 is 11.1 Å². The summed E-state index contributed by atoms with van der Waals surface area (Å²) in [5.74, 6) is 1.55. The van der Waals surface area contributed by atoms with Crippen molar-refractivity contribution in [2.75, 3.05) is 17.6 Å². The number of hydrogen-bond donors (Lipinski definition) is 2. The summed E-state index contributed by atoms with van der Waals surface area (Å²) in [4.78, 5) is 0. The summed E-state index contributed by atoms with van der Waals surface area (Å²) in [6.07, 6.45) is 3.98. The summed E-state index contributed by atoms with van der Waals surface area (Å²) in [7, 11) is 0. The zero-order valence-corrected chi connectivity index (χ0v) is 11.4. The van der Waals surface area contributed by atoms with E-state index in [1.165, 1.54) is 19.3 Å². The number of nitrogens with two attached hydrogens (primary N) is 1. The van der Waals surface area contributed by atoms with Crippen molar-refractivity contribution in [1.82, 2.24) is 0 Å². The monoisotopic (exact) mass is 234 g/mol. The zero-order valence-electron chi connectivity index (χ0n) is 11.4. The molecule has 0 bridgehead atoms. The third-order valence-electron chi connectivity index (χ3n) is 3.04. The van der Waals surface area contributed by atoms with Gasteiger partial charge in [-0.05, 0) is 42.5 Å². The van der Waals surface area contributed by atoms with Crippen LogP contribution in [0.1, 0.15) is 40.0 Å². The highest BCUT2D eigenvalue weighted by Gasteiger charge is 2.03. The van der Waals surface area contributed by atoms with Crippen LogP contribution in [0.5, 0.6) is 0 Å². The van der Waals surface area contributed by atoms with Gasteiger partial charge in [0.1, 0.15) is 0 Å². The van der Waals surface area contributed by atoms with Crippen molar-refractivity contribution in [1.29, 1.82) is 0 Å². The Labute approximate surface area is 106 Å². The first-order valence-electron chi connectivity index (χ1n) is 6.67. The third-order valence-corrected chi connectivity index (χ3v) is 3.04. The van der Waals surface area contributed by atoms with Gasteiger partial charge < -0.3 is 11.1 Å². The first-order chi connectivity index (χ1) is 8.08. The van der Waals surface area contributed by atoms with Crippen molar-refractivity contribution < 1.29 is 0 Å². The molecule has 17 heavy (non-hydrogen) atoms. The van der Waals surface area contributed by atoms with E-state index in [0.717, 1.165) is 29.8 Å². The Hall–Kier alpha value is -1.18. The predicted molar refractivity (Wildman–Crippen MR) is 77.2 cm³/mol. The van der Waals surface area contributed by atoms with E-state index in [-0.39, 0.29) is 0 Å². The van der Waals surface area contributed by atoms with Crippen molar-refractivity contribution in [2.45, 2.75) is 40.0 Å². The van der Waals surface area contributed by atoms with E-state index >= 15 is 0 Å². The second-order valence-corrected chi connectivity index (χ2v) is 5.43. The Bertz CT molecular complexity index is 303. The van der Waals surface area contributed by atoms with Crippen LogP contribution in [-0.2, 0) is 0 Å². The molecule has 0 saturated heterocycles. The van der Waals surface area contributed by atoms with E-state index in [2.05, 4.69) is 26.1 Å². The minimum atomic E-state index is 0.728. The molecule has 0 amide bonds. The maximum atomic E-state index is 5.65. The fourth-order valence-corrected chi connectivity index (χ4v) is 1.87. The summed E-state index contributed by atoms with van der Waals surface area (Å²) in [6.45, 7) is 7.93. The zero-order chi connectivity index (χ0) is 12.7. The van der Waals surface area contributed by atoms with Crippen LogP contribution >= 0.6 is 0 Å². The lowest BCUT2D eigenvalue weighted by Gasteiger charge is -2.14. The molecule has 0 aromatic heterocycles. The maximum absolute atomic E-state index is 5.65. The average Bonchev–Trinajstić information content (AvgIpc) is 2.28. The highest BCUT2D eigenvalue weighted by Crippen LogP contribution is 2.15. The molecular formula is C15H26N2. The number of benzene rings is 1. The molecule has 0 heterocycles. The summed E-state index contributed by atoms with van der Waals surface area (Å²) in [5.41, 5.74) is 7.63. The first-order valence-corrected chi connectivity index (χ1v) is 6.67. The van der Waals surface area contributed by atoms with Gasteiger partial charge in [-0.2, -0.15) is 0 Å². The highest BCUT2D eigenvalue weighted by molar-refractivity contribution is 5.51. The molecule has 1 aromatic rings.